The maximum absolute atomic E-state index is 12.7. The Balaban J connectivity index is 1.22. The first-order chi connectivity index (χ1) is 15.4. The van der Waals surface area contributed by atoms with Gasteiger partial charge in [-0.3, -0.25) is 9.69 Å². The molecule has 8 nitrogen and oxygen atoms in total. The monoisotopic (exact) mass is 478 g/mol. The van der Waals surface area contributed by atoms with Gasteiger partial charge in [-0.05, 0) is 50.7 Å². The molecule has 2 aliphatic heterocycles. The number of phenols is 1. The normalized spacial score (nSPS) is 20.9. The van der Waals surface area contributed by atoms with Gasteiger partial charge in [-0.25, -0.2) is 4.79 Å². The van der Waals surface area contributed by atoms with Crippen LogP contribution in [0.1, 0.15) is 46.1 Å². The fourth-order valence-electron chi connectivity index (χ4n) is 4.40. The Morgan fingerprint density at radius 3 is 2.36 bits per heavy atom. The molecule has 0 unspecified atom stereocenters. The van der Waals surface area contributed by atoms with Crippen LogP contribution in [-0.4, -0.2) is 89.3 Å². The van der Waals surface area contributed by atoms with E-state index in [2.05, 4.69) is 17.1 Å². The van der Waals surface area contributed by atoms with E-state index >= 15 is 0 Å². The van der Waals surface area contributed by atoms with Gasteiger partial charge in [0.15, 0.2) is 0 Å². The van der Waals surface area contributed by atoms with Crippen molar-refractivity contribution in [2.45, 2.75) is 57.6 Å². The zero-order chi connectivity index (χ0) is 24.0. The van der Waals surface area contributed by atoms with Crippen LogP contribution in [0.4, 0.5) is 10.5 Å². The predicted molar refractivity (Wildman–Crippen MR) is 128 cm³/mol. The topological polar surface area (TPSA) is 85.4 Å². The number of amides is 2. The van der Waals surface area contributed by atoms with E-state index in [1.165, 1.54) is 0 Å². The van der Waals surface area contributed by atoms with Crippen LogP contribution in [0.5, 0.6) is 5.75 Å². The quantitative estimate of drug-likeness (QED) is 0.632. The summed E-state index contributed by atoms with van der Waals surface area (Å²) in [4.78, 5) is 30.8. The van der Waals surface area contributed by atoms with Crippen LogP contribution in [0.25, 0.3) is 0 Å². The van der Waals surface area contributed by atoms with E-state index in [1.54, 1.807) is 11.0 Å². The van der Waals surface area contributed by atoms with Gasteiger partial charge >= 0.3 is 6.09 Å². The van der Waals surface area contributed by atoms with Crippen molar-refractivity contribution in [2.75, 3.05) is 51.1 Å². The van der Waals surface area contributed by atoms with Gasteiger partial charge in [0.25, 0.3) is 0 Å². The zero-order valence-corrected chi connectivity index (χ0v) is 20.7. The zero-order valence-electron chi connectivity index (χ0n) is 20.0. The van der Waals surface area contributed by atoms with Gasteiger partial charge in [-0.2, -0.15) is 0 Å². The summed E-state index contributed by atoms with van der Waals surface area (Å²) in [5.41, 5.74) is 1.16. The molecule has 0 spiro atoms. The molecule has 182 valence electrons. The minimum atomic E-state index is -0.484. The highest BCUT2D eigenvalue weighted by atomic mass is 35.5. The molecule has 1 aromatic carbocycles. The molecule has 33 heavy (non-hydrogen) atoms. The Labute approximate surface area is 200 Å². The first-order valence-corrected chi connectivity index (χ1v) is 12.1. The Kier molecular flexibility index (Phi) is 6.44. The molecule has 2 N–H and O–H groups in total. The standard InChI is InChI=1S/C24H35ClN4O4/c1-23(2,3)33-22(32)29-14-16(15-29)27-7-9-28(10-8-27)21(31)13-26-19-11-17(24(4)5-6-24)18(25)12-20(19)30/h11-12,16,26,30H,5-10,13-15H2,1-4H3. The third-order valence-corrected chi connectivity index (χ3v) is 7.18. The molecule has 2 heterocycles. The lowest BCUT2D eigenvalue weighted by molar-refractivity contribution is -0.131. The van der Waals surface area contributed by atoms with Crippen LogP contribution in [0.15, 0.2) is 12.1 Å². The van der Waals surface area contributed by atoms with Gasteiger partial charge in [0.2, 0.25) is 5.91 Å². The molecular weight excluding hydrogens is 444 g/mol. The van der Waals surface area contributed by atoms with Crippen LogP contribution in [0, 0.1) is 0 Å². The molecule has 1 saturated carbocycles. The van der Waals surface area contributed by atoms with Crippen molar-refractivity contribution in [1.82, 2.24) is 14.7 Å². The lowest BCUT2D eigenvalue weighted by atomic mass is 9.97. The van der Waals surface area contributed by atoms with E-state index in [0.717, 1.165) is 31.5 Å². The van der Waals surface area contributed by atoms with Crippen LogP contribution in [-0.2, 0) is 14.9 Å². The molecule has 1 aliphatic carbocycles. The highest BCUT2D eigenvalue weighted by Crippen LogP contribution is 2.51. The third-order valence-electron chi connectivity index (χ3n) is 6.86. The van der Waals surface area contributed by atoms with Crippen molar-refractivity contribution < 1.29 is 19.4 Å². The maximum atomic E-state index is 12.7. The van der Waals surface area contributed by atoms with Crippen molar-refractivity contribution in [3.63, 3.8) is 0 Å². The highest BCUT2D eigenvalue weighted by molar-refractivity contribution is 6.31. The summed E-state index contributed by atoms with van der Waals surface area (Å²) in [6.45, 7) is 12.1. The SMILES string of the molecule is CC(C)(C)OC(=O)N1CC(N2CCN(C(=O)CNc3cc(C4(C)CC4)c(Cl)cc3O)CC2)C1. The molecule has 3 fully saturated rings. The number of aromatic hydroxyl groups is 1. The number of carbonyl (C=O) groups is 2. The molecule has 0 atom stereocenters. The van der Waals surface area contributed by atoms with Crippen LogP contribution < -0.4 is 5.32 Å². The average Bonchev–Trinajstić information content (AvgIpc) is 3.43. The van der Waals surface area contributed by atoms with Gasteiger partial charge in [0, 0.05) is 56.4 Å². The van der Waals surface area contributed by atoms with Crippen LogP contribution >= 0.6 is 11.6 Å². The molecular formula is C24H35ClN4O4. The Bertz CT molecular complexity index is 914. The number of nitrogens with one attached hydrogen (secondary N) is 1. The highest BCUT2D eigenvalue weighted by Gasteiger charge is 2.41. The van der Waals surface area contributed by atoms with Crippen LogP contribution in [0.3, 0.4) is 0 Å². The minimum absolute atomic E-state index is 0.00664. The van der Waals surface area contributed by atoms with Crippen molar-refractivity contribution in [3.8, 4) is 5.75 Å². The minimum Gasteiger partial charge on any atom is -0.506 e. The number of rotatable bonds is 5. The molecule has 1 aromatic rings. The number of benzene rings is 1. The van der Waals surface area contributed by atoms with E-state index in [9.17, 15) is 14.7 Å². The molecule has 0 bridgehead atoms. The third kappa shape index (κ3) is 5.49. The van der Waals surface area contributed by atoms with Gasteiger partial charge in [-0.15, -0.1) is 0 Å². The number of anilines is 1. The number of hydrogen-bond acceptors (Lipinski definition) is 6. The fraction of sp³-hybridized carbons (Fsp3) is 0.667. The molecule has 2 amide bonds. The first kappa shape index (κ1) is 24.0. The van der Waals surface area contributed by atoms with Crippen molar-refractivity contribution in [1.29, 1.82) is 0 Å². The van der Waals surface area contributed by atoms with E-state index < -0.39 is 5.60 Å². The predicted octanol–water partition coefficient (Wildman–Crippen LogP) is 3.27. The Morgan fingerprint density at radius 1 is 1.15 bits per heavy atom. The number of piperazine rings is 1. The number of phenolic OH excluding ortho intramolecular Hbond substituents is 1. The number of hydrogen-bond donors (Lipinski definition) is 2. The summed E-state index contributed by atoms with van der Waals surface area (Å²) < 4.78 is 5.42. The fourth-order valence-corrected chi connectivity index (χ4v) is 4.79. The smallest absolute Gasteiger partial charge is 0.410 e. The Morgan fingerprint density at radius 2 is 1.79 bits per heavy atom. The van der Waals surface area contributed by atoms with E-state index in [1.807, 2.05) is 31.7 Å². The molecule has 0 aromatic heterocycles. The number of nitrogens with zero attached hydrogens (tertiary/aromatic N) is 3. The van der Waals surface area contributed by atoms with Crippen molar-refractivity contribution >= 4 is 29.3 Å². The van der Waals surface area contributed by atoms with E-state index in [-0.39, 0.29) is 29.7 Å². The van der Waals surface area contributed by atoms with Crippen molar-refractivity contribution in [2.24, 2.45) is 0 Å². The summed E-state index contributed by atoms with van der Waals surface area (Å²) in [6.07, 6.45) is 1.90. The van der Waals surface area contributed by atoms with Crippen LogP contribution in [0.2, 0.25) is 5.02 Å². The second-order valence-electron chi connectivity index (χ2n) is 10.7. The lowest BCUT2D eigenvalue weighted by Gasteiger charge is -2.48. The summed E-state index contributed by atoms with van der Waals surface area (Å²) in [5.74, 6) is 0.0670. The van der Waals surface area contributed by atoms with E-state index in [4.69, 9.17) is 16.3 Å². The number of likely N-dealkylation sites (tertiary alicyclic amines) is 1. The lowest BCUT2D eigenvalue weighted by Crippen LogP contribution is -2.65. The molecule has 3 aliphatic rings. The van der Waals surface area contributed by atoms with Gasteiger partial charge in [0.05, 0.1) is 12.2 Å². The summed E-state index contributed by atoms with van der Waals surface area (Å²) in [6, 6.07) is 3.76. The second-order valence-corrected chi connectivity index (χ2v) is 11.1. The average molecular weight is 479 g/mol. The Hall–Kier alpha value is -2.19. The molecule has 4 rings (SSSR count). The molecule has 9 heteroatoms. The van der Waals surface area contributed by atoms with Gasteiger partial charge in [-0.1, -0.05) is 18.5 Å². The second kappa shape index (κ2) is 8.87. The molecule has 0 radical (unpaired) electrons. The summed E-state index contributed by atoms with van der Waals surface area (Å²) in [7, 11) is 0. The van der Waals surface area contributed by atoms with E-state index in [0.29, 0.717) is 42.9 Å². The van der Waals surface area contributed by atoms with Crippen molar-refractivity contribution in [3.05, 3.63) is 22.7 Å². The van der Waals surface area contributed by atoms with Gasteiger partial charge in [0.1, 0.15) is 11.4 Å². The largest absolute Gasteiger partial charge is 0.506 e. The number of carbonyl (C=O) groups excluding carboxylic acids is 2. The van der Waals surface area contributed by atoms with Gasteiger partial charge < -0.3 is 25.0 Å². The maximum Gasteiger partial charge on any atom is 0.410 e. The number of ether oxygens (including phenoxy) is 1. The first-order valence-electron chi connectivity index (χ1n) is 11.7. The molecule has 2 saturated heterocycles. The number of halogens is 1. The summed E-state index contributed by atoms with van der Waals surface area (Å²) >= 11 is 6.32. The summed E-state index contributed by atoms with van der Waals surface area (Å²) in [5, 5.41) is 13.9.